The van der Waals surface area contributed by atoms with Crippen LogP contribution in [0.1, 0.15) is 43.0 Å². The van der Waals surface area contributed by atoms with Gasteiger partial charge in [-0.15, -0.1) is 0 Å². The van der Waals surface area contributed by atoms with E-state index in [1.165, 1.54) is 17.7 Å². The maximum absolute atomic E-state index is 12.0. The summed E-state index contributed by atoms with van der Waals surface area (Å²) in [4.78, 5) is 14.5. The van der Waals surface area contributed by atoms with E-state index in [0.717, 1.165) is 45.4 Å². The lowest BCUT2D eigenvalue weighted by Gasteiger charge is -2.34. The topological polar surface area (TPSA) is 68.0 Å². The van der Waals surface area contributed by atoms with E-state index in [0.29, 0.717) is 6.04 Å². The van der Waals surface area contributed by atoms with Gasteiger partial charge in [-0.2, -0.15) is 10.2 Å². The van der Waals surface area contributed by atoms with E-state index in [-0.39, 0.29) is 11.8 Å². The number of amides is 1. The molecule has 25 heavy (non-hydrogen) atoms. The summed E-state index contributed by atoms with van der Waals surface area (Å²) in [7, 11) is 1.95. The zero-order chi connectivity index (χ0) is 17.2. The lowest BCUT2D eigenvalue weighted by molar-refractivity contribution is -0.127. The van der Waals surface area contributed by atoms with E-state index in [9.17, 15) is 4.79 Å². The molecule has 1 aliphatic carbocycles. The molecule has 2 aromatic rings. The van der Waals surface area contributed by atoms with Gasteiger partial charge >= 0.3 is 0 Å². The van der Waals surface area contributed by atoms with Crippen LogP contribution in [0.3, 0.4) is 0 Å². The van der Waals surface area contributed by atoms with Crippen LogP contribution in [0.25, 0.3) is 0 Å². The molecule has 1 unspecified atom stereocenters. The SMILES string of the molecule is Cn1cc(CN2Cc3ccnn3C(CCNC(=O)C3CCC3)C2)cn1. The molecule has 7 nitrogen and oxygen atoms in total. The summed E-state index contributed by atoms with van der Waals surface area (Å²) in [5.74, 6) is 0.490. The highest BCUT2D eigenvalue weighted by Crippen LogP contribution is 2.27. The third-order valence-electron chi connectivity index (χ3n) is 5.37. The highest BCUT2D eigenvalue weighted by Gasteiger charge is 2.27. The molecule has 1 saturated carbocycles. The van der Waals surface area contributed by atoms with Gasteiger partial charge < -0.3 is 5.32 Å². The number of aryl methyl sites for hydroxylation is 1. The molecule has 0 radical (unpaired) electrons. The second-order valence-corrected chi connectivity index (χ2v) is 7.32. The van der Waals surface area contributed by atoms with Crippen molar-refractivity contribution in [3.8, 4) is 0 Å². The first-order valence-electron chi connectivity index (χ1n) is 9.19. The molecule has 1 fully saturated rings. The fourth-order valence-corrected chi connectivity index (χ4v) is 3.79. The molecule has 2 aliphatic rings. The van der Waals surface area contributed by atoms with Gasteiger partial charge in [0.25, 0.3) is 0 Å². The van der Waals surface area contributed by atoms with Crippen LogP contribution in [0.5, 0.6) is 0 Å². The Hall–Kier alpha value is -2.15. The summed E-state index contributed by atoms with van der Waals surface area (Å²) in [6, 6.07) is 2.40. The molecule has 0 bridgehead atoms. The number of nitrogens with one attached hydrogen (secondary N) is 1. The lowest BCUT2D eigenvalue weighted by atomic mass is 9.85. The number of hydrogen-bond donors (Lipinski definition) is 1. The van der Waals surface area contributed by atoms with Crippen molar-refractivity contribution in [2.45, 2.75) is 44.8 Å². The Kier molecular flexibility index (Phi) is 4.57. The highest BCUT2D eigenvalue weighted by molar-refractivity contribution is 5.79. The van der Waals surface area contributed by atoms with Crippen molar-refractivity contribution in [2.24, 2.45) is 13.0 Å². The van der Waals surface area contributed by atoms with Gasteiger partial charge in [-0.1, -0.05) is 6.42 Å². The summed E-state index contributed by atoms with van der Waals surface area (Å²) in [5.41, 5.74) is 2.47. The first-order valence-corrected chi connectivity index (χ1v) is 9.19. The fraction of sp³-hybridized carbons (Fsp3) is 0.611. The number of nitrogens with zero attached hydrogens (tertiary/aromatic N) is 5. The Morgan fingerprint density at radius 1 is 1.36 bits per heavy atom. The predicted octanol–water partition coefficient (Wildman–Crippen LogP) is 1.48. The predicted molar refractivity (Wildman–Crippen MR) is 93.6 cm³/mol. The van der Waals surface area contributed by atoms with E-state index in [1.54, 1.807) is 0 Å². The maximum atomic E-state index is 12.0. The maximum Gasteiger partial charge on any atom is 0.223 e. The quantitative estimate of drug-likeness (QED) is 0.863. The van der Waals surface area contributed by atoms with Crippen molar-refractivity contribution in [2.75, 3.05) is 13.1 Å². The van der Waals surface area contributed by atoms with E-state index >= 15 is 0 Å². The summed E-state index contributed by atoms with van der Waals surface area (Å²) in [6.07, 6.45) is 10.1. The molecule has 1 N–H and O–H groups in total. The summed E-state index contributed by atoms with van der Waals surface area (Å²) >= 11 is 0. The Morgan fingerprint density at radius 2 is 2.24 bits per heavy atom. The van der Waals surface area contributed by atoms with Gasteiger partial charge in [-0.3, -0.25) is 19.1 Å². The Balaban J connectivity index is 1.35. The Morgan fingerprint density at radius 3 is 2.96 bits per heavy atom. The summed E-state index contributed by atoms with van der Waals surface area (Å²) in [6.45, 7) is 3.46. The molecule has 134 valence electrons. The van der Waals surface area contributed by atoms with E-state index < -0.39 is 0 Å². The zero-order valence-electron chi connectivity index (χ0n) is 14.8. The van der Waals surface area contributed by atoms with Gasteiger partial charge in [0, 0.05) is 57.1 Å². The number of aromatic nitrogens is 4. The Labute approximate surface area is 148 Å². The van der Waals surface area contributed by atoms with Gasteiger partial charge in [-0.25, -0.2) is 0 Å². The van der Waals surface area contributed by atoms with Gasteiger partial charge in [0.1, 0.15) is 0 Å². The fourth-order valence-electron chi connectivity index (χ4n) is 3.79. The van der Waals surface area contributed by atoms with Crippen molar-refractivity contribution < 1.29 is 4.79 Å². The van der Waals surface area contributed by atoms with Crippen LogP contribution in [-0.4, -0.2) is 43.5 Å². The van der Waals surface area contributed by atoms with E-state index in [2.05, 4.69) is 37.4 Å². The highest BCUT2D eigenvalue weighted by atomic mass is 16.1. The molecule has 7 heteroatoms. The van der Waals surface area contributed by atoms with Crippen molar-refractivity contribution in [1.82, 2.24) is 29.8 Å². The van der Waals surface area contributed by atoms with Crippen LogP contribution in [-0.2, 0) is 24.9 Å². The number of carbonyl (C=O) groups excluding carboxylic acids is 1. The largest absolute Gasteiger partial charge is 0.356 e. The van der Waals surface area contributed by atoms with E-state index in [1.807, 2.05) is 24.1 Å². The van der Waals surface area contributed by atoms with Gasteiger partial charge in [0.05, 0.1) is 17.9 Å². The minimum Gasteiger partial charge on any atom is -0.356 e. The molecule has 1 amide bonds. The molecule has 0 saturated heterocycles. The van der Waals surface area contributed by atoms with E-state index in [4.69, 9.17) is 0 Å². The van der Waals surface area contributed by atoms with Crippen LogP contribution >= 0.6 is 0 Å². The normalized spacial score (nSPS) is 20.9. The molecular formula is C18H26N6O. The van der Waals surface area contributed by atoms with Gasteiger partial charge in [0.15, 0.2) is 0 Å². The van der Waals surface area contributed by atoms with Crippen LogP contribution < -0.4 is 5.32 Å². The average Bonchev–Trinajstić information content (AvgIpc) is 3.14. The van der Waals surface area contributed by atoms with Gasteiger partial charge in [-0.05, 0) is 25.3 Å². The lowest BCUT2D eigenvalue weighted by Crippen LogP contribution is -2.40. The number of rotatable bonds is 6. The van der Waals surface area contributed by atoms with Crippen LogP contribution in [0.2, 0.25) is 0 Å². The zero-order valence-corrected chi connectivity index (χ0v) is 14.8. The third-order valence-corrected chi connectivity index (χ3v) is 5.37. The van der Waals surface area contributed by atoms with Crippen molar-refractivity contribution in [1.29, 1.82) is 0 Å². The summed E-state index contributed by atoms with van der Waals surface area (Å²) in [5, 5.41) is 11.9. The standard InChI is InChI=1S/C18H26N6O/c1-22-10-14(9-21-22)11-23-12-16(24-17(13-23)6-8-20-24)5-7-19-18(25)15-3-2-4-15/h6,8-10,15-16H,2-5,7,11-13H2,1H3,(H,19,25). The smallest absolute Gasteiger partial charge is 0.223 e. The minimum atomic E-state index is 0.231. The first-order chi connectivity index (χ1) is 12.2. The second-order valence-electron chi connectivity index (χ2n) is 7.32. The third kappa shape index (κ3) is 3.61. The summed E-state index contributed by atoms with van der Waals surface area (Å²) < 4.78 is 3.98. The molecular weight excluding hydrogens is 316 g/mol. The first kappa shape index (κ1) is 16.3. The molecule has 3 heterocycles. The molecule has 1 atom stereocenters. The second kappa shape index (κ2) is 7.00. The van der Waals surface area contributed by atoms with Crippen molar-refractivity contribution in [3.63, 3.8) is 0 Å². The molecule has 2 aromatic heterocycles. The number of fused-ring (bicyclic) bond motifs is 1. The molecule has 1 aliphatic heterocycles. The van der Waals surface area contributed by atoms with Crippen LogP contribution in [0.15, 0.2) is 24.7 Å². The average molecular weight is 342 g/mol. The number of carbonyl (C=O) groups is 1. The molecule has 0 aromatic carbocycles. The van der Waals surface area contributed by atoms with Crippen molar-refractivity contribution in [3.05, 3.63) is 35.9 Å². The van der Waals surface area contributed by atoms with Gasteiger partial charge in [0.2, 0.25) is 5.91 Å². The minimum absolute atomic E-state index is 0.231. The van der Waals surface area contributed by atoms with Crippen molar-refractivity contribution >= 4 is 5.91 Å². The van der Waals surface area contributed by atoms with Crippen LogP contribution in [0.4, 0.5) is 0 Å². The molecule has 4 rings (SSSR count). The number of hydrogen-bond acceptors (Lipinski definition) is 4. The molecule has 0 spiro atoms. The monoisotopic (exact) mass is 342 g/mol. The Bertz CT molecular complexity index is 732. The van der Waals surface area contributed by atoms with Crippen LogP contribution in [0, 0.1) is 5.92 Å².